The number of morpholine rings is 1. The molecule has 2 aliphatic carbocycles. The third-order valence-corrected chi connectivity index (χ3v) is 12.7. The molecule has 3 amide bonds. The Labute approximate surface area is 265 Å². The first-order valence-electron chi connectivity index (χ1n) is 15.0. The summed E-state index contributed by atoms with van der Waals surface area (Å²) in [5.74, 6) is -1.31. The second-order valence-electron chi connectivity index (χ2n) is 12.1. The number of aromatic amines is 1. The maximum absolute atomic E-state index is 13.9. The molecule has 45 heavy (non-hydrogen) atoms. The Morgan fingerprint density at radius 2 is 1.76 bits per heavy atom. The molecule has 8 rings (SSSR count). The number of hydrogen-bond acceptors (Lipinski definition) is 9. The first-order chi connectivity index (χ1) is 21.8. The second kappa shape index (κ2) is 11.0. The Kier molecular flexibility index (Phi) is 7.03. The van der Waals surface area contributed by atoms with Crippen LogP contribution in [0, 0.1) is 35.4 Å². The number of amides is 3. The molecule has 7 atom stereocenters. The van der Waals surface area contributed by atoms with E-state index in [1.165, 1.54) is 40.5 Å². The topological polar surface area (TPSA) is 118 Å². The quantitative estimate of drug-likeness (QED) is 0.403. The molecule has 13 heteroatoms. The van der Waals surface area contributed by atoms with E-state index in [1.807, 2.05) is 12.1 Å². The summed E-state index contributed by atoms with van der Waals surface area (Å²) in [6, 6.07) is 11.1. The number of nitrogens with zero attached hydrogens (tertiary/aromatic N) is 2. The molecule has 10 nitrogen and oxygen atoms in total. The fraction of sp³-hybridized carbons (Fsp3) is 0.438. The van der Waals surface area contributed by atoms with Crippen molar-refractivity contribution in [1.82, 2.24) is 9.88 Å². The number of ether oxygens (including phenoxy) is 3. The van der Waals surface area contributed by atoms with E-state index < -0.39 is 17.7 Å². The lowest BCUT2D eigenvalue weighted by Crippen LogP contribution is -2.43. The van der Waals surface area contributed by atoms with Gasteiger partial charge in [0.2, 0.25) is 11.8 Å². The molecule has 2 aromatic carbocycles. The maximum Gasteiger partial charge on any atom is 0.305 e. The van der Waals surface area contributed by atoms with Crippen molar-refractivity contribution in [2.75, 3.05) is 44.9 Å². The van der Waals surface area contributed by atoms with Gasteiger partial charge in [0.05, 0.1) is 42.9 Å². The number of aromatic nitrogens is 1. The zero-order valence-corrected chi connectivity index (χ0v) is 25.9. The standard InChI is InChI=1S/C32H30FN3O7S2/c1-41-21-12-15(2-7-20(21)43-14-22(37)35-8-10-42-11-9-35)23-24-18-13-19(27(24)44-29-28(23)45-32(40)34-29)26-25(18)30(38)36(31(26)39)17-5-3-16(33)4-6-17/h2-7,12,18-19,23-27H,8-11,13-14H2,1H3,(H,34,40)/t18-,19-,23+,24-,25+,26+,27-/m1/s1. The molecule has 2 bridgehead atoms. The molecular weight excluding hydrogens is 621 g/mol. The van der Waals surface area contributed by atoms with E-state index in [2.05, 4.69) is 4.98 Å². The average Bonchev–Trinajstić information content (AvgIpc) is 3.79. The van der Waals surface area contributed by atoms with Crippen LogP contribution in [0.15, 0.2) is 52.3 Å². The van der Waals surface area contributed by atoms with E-state index in [-0.39, 0.29) is 58.1 Å². The van der Waals surface area contributed by atoms with Gasteiger partial charge in [0.1, 0.15) is 5.82 Å². The molecule has 2 saturated heterocycles. The lowest BCUT2D eigenvalue weighted by molar-refractivity contribution is -0.137. The van der Waals surface area contributed by atoms with Crippen molar-refractivity contribution in [3.8, 4) is 11.5 Å². The van der Waals surface area contributed by atoms with Gasteiger partial charge in [-0.15, -0.1) is 11.8 Å². The molecule has 5 aliphatic rings. The van der Waals surface area contributed by atoms with Gasteiger partial charge in [-0.3, -0.25) is 24.1 Å². The third kappa shape index (κ3) is 4.53. The fourth-order valence-corrected chi connectivity index (χ4v) is 11.2. The van der Waals surface area contributed by atoms with E-state index in [4.69, 9.17) is 14.2 Å². The number of carbonyl (C=O) groups excluding carboxylic acids is 3. The molecule has 0 unspecified atom stereocenters. The van der Waals surface area contributed by atoms with Gasteiger partial charge in [0.25, 0.3) is 5.91 Å². The number of imide groups is 1. The minimum Gasteiger partial charge on any atom is -0.493 e. The minimum atomic E-state index is -0.468. The molecule has 1 N–H and O–H groups in total. The van der Waals surface area contributed by atoms with Crippen LogP contribution in [0.2, 0.25) is 0 Å². The van der Waals surface area contributed by atoms with Crippen LogP contribution in [0.1, 0.15) is 22.8 Å². The van der Waals surface area contributed by atoms with Gasteiger partial charge in [0.15, 0.2) is 18.1 Å². The van der Waals surface area contributed by atoms with E-state index in [0.717, 1.165) is 21.9 Å². The zero-order valence-electron chi connectivity index (χ0n) is 24.3. The van der Waals surface area contributed by atoms with Crippen LogP contribution in [-0.4, -0.2) is 72.9 Å². The summed E-state index contributed by atoms with van der Waals surface area (Å²) in [5.41, 5.74) is 1.31. The van der Waals surface area contributed by atoms with E-state index in [0.29, 0.717) is 43.5 Å². The first kappa shape index (κ1) is 28.8. The molecular formula is C32H30FN3O7S2. The van der Waals surface area contributed by atoms with Gasteiger partial charge in [-0.05, 0) is 66.1 Å². The van der Waals surface area contributed by atoms with Crippen LogP contribution >= 0.6 is 23.1 Å². The van der Waals surface area contributed by atoms with Gasteiger partial charge in [-0.1, -0.05) is 17.4 Å². The number of fused-ring (bicyclic) bond motifs is 9. The van der Waals surface area contributed by atoms with Crippen LogP contribution in [0.5, 0.6) is 11.5 Å². The number of hydrogen-bond donors (Lipinski definition) is 1. The van der Waals surface area contributed by atoms with Crippen LogP contribution in [0.25, 0.3) is 0 Å². The van der Waals surface area contributed by atoms with E-state index >= 15 is 0 Å². The zero-order chi connectivity index (χ0) is 31.0. The van der Waals surface area contributed by atoms with Crippen molar-refractivity contribution in [2.45, 2.75) is 22.6 Å². The highest BCUT2D eigenvalue weighted by atomic mass is 32.2. The van der Waals surface area contributed by atoms with Crippen molar-refractivity contribution in [2.24, 2.45) is 29.6 Å². The number of nitrogens with one attached hydrogen (secondary N) is 1. The summed E-state index contributed by atoms with van der Waals surface area (Å²) in [4.78, 5) is 59.7. The SMILES string of the molecule is COc1cc([C@@H]2c3sc(=O)[nH]c3S[C@@H]3[C@@H]4C[C@@H]([C@@H]5C(=O)N(c6ccc(F)cc6)C(=O)[C@@H]45)[C@H]23)ccc1OCC(=O)N1CCOCC1. The van der Waals surface area contributed by atoms with Gasteiger partial charge >= 0.3 is 4.87 Å². The maximum atomic E-state index is 13.9. The summed E-state index contributed by atoms with van der Waals surface area (Å²) in [7, 11) is 1.55. The highest BCUT2D eigenvalue weighted by Gasteiger charge is 2.69. The number of benzene rings is 2. The lowest BCUT2D eigenvalue weighted by atomic mass is 9.68. The minimum absolute atomic E-state index is 0.00416. The lowest BCUT2D eigenvalue weighted by Gasteiger charge is -2.43. The average molecular weight is 652 g/mol. The Hall–Kier alpha value is -3.68. The summed E-state index contributed by atoms with van der Waals surface area (Å²) in [5, 5.41) is 0.833. The van der Waals surface area contributed by atoms with Crippen molar-refractivity contribution < 1.29 is 33.0 Å². The summed E-state index contributed by atoms with van der Waals surface area (Å²) in [6.45, 7) is 1.94. The van der Waals surface area contributed by atoms with Crippen LogP contribution < -0.4 is 19.2 Å². The molecule has 0 spiro atoms. The molecule has 2 saturated carbocycles. The fourth-order valence-electron chi connectivity index (χ4n) is 8.28. The molecule has 1 aromatic heterocycles. The Balaban J connectivity index is 1.11. The summed E-state index contributed by atoms with van der Waals surface area (Å²) >= 11 is 2.80. The smallest absolute Gasteiger partial charge is 0.305 e. The van der Waals surface area contributed by atoms with Crippen LogP contribution in [0.4, 0.5) is 10.1 Å². The largest absolute Gasteiger partial charge is 0.493 e. The number of thioether (sulfide) groups is 1. The number of anilines is 1. The Morgan fingerprint density at radius 3 is 2.49 bits per heavy atom. The number of methoxy groups -OCH3 is 1. The summed E-state index contributed by atoms with van der Waals surface area (Å²) < 4.78 is 30.6. The number of rotatable bonds is 6. The molecule has 4 heterocycles. The summed E-state index contributed by atoms with van der Waals surface area (Å²) in [6.07, 6.45) is 0.754. The highest BCUT2D eigenvalue weighted by molar-refractivity contribution is 8.00. The van der Waals surface area contributed by atoms with Gasteiger partial charge in [-0.25, -0.2) is 4.39 Å². The first-order valence-corrected chi connectivity index (χ1v) is 16.7. The van der Waals surface area contributed by atoms with E-state index in [1.54, 1.807) is 29.8 Å². The van der Waals surface area contributed by atoms with Crippen molar-refractivity contribution in [1.29, 1.82) is 0 Å². The molecule has 234 valence electrons. The van der Waals surface area contributed by atoms with Crippen molar-refractivity contribution in [3.05, 3.63) is 68.4 Å². The predicted molar refractivity (Wildman–Crippen MR) is 163 cm³/mol. The molecule has 0 radical (unpaired) electrons. The number of halogens is 1. The second-order valence-corrected chi connectivity index (χ2v) is 14.3. The van der Waals surface area contributed by atoms with Crippen LogP contribution in [-0.2, 0) is 19.1 Å². The van der Waals surface area contributed by atoms with E-state index in [9.17, 15) is 23.6 Å². The van der Waals surface area contributed by atoms with Gasteiger partial charge < -0.3 is 24.1 Å². The number of H-pyrrole nitrogens is 1. The van der Waals surface area contributed by atoms with Crippen LogP contribution in [0.3, 0.4) is 0 Å². The Morgan fingerprint density at radius 1 is 1.02 bits per heavy atom. The molecule has 3 aliphatic heterocycles. The number of thiazole rings is 1. The number of carbonyl (C=O) groups is 3. The normalized spacial score (nSPS) is 29.9. The molecule has 3 aromatic rings. The predicted octanol–water partition coefficient (Wildman–Crippen LogP) is 3.50. The monoisotopic (exact) mass is 651 g/mol. The van der Waals surface area contributed by atoms with Crippen molar-refractivity contribution >= 4 is 46.5 Å². The highest BCUT2D eigenvalue weighted by Crippen LogP contribution is 2.68. The van der Waals surface area contributed by atoms with Gasteiger partial charge in [-0.2, -0.15) is 0 Å². The third-order valence-electron chi connectivity index (χ3n) is 10.1. The Bertz CT molecular complexity index is 1750. The van der Waals surface area contributed by atoms with Gasteiger partial charge in [0, 0.05) is 29.1 Å². The molecule has 4 fully saturated rings. The van der Waals surface area contributed by atoms with Crippen molar-refractivity contribution in [3.63, 3.8) is 0 Å².